The number of anilines is 3. The Balaban J connectivity index is 1.09. The molecule has 256 valence electrons. The van der Waals surface area contributed by atoms with Crippen LogP contribution in [0, 0.1) is 0 Å². The summed E-state index contributed by atoms with van der Waals surface area (Å²) >= 11 is 0. The first-order chi connectivity index (χ1) is 27.3. The van der Waals surface area contributed by atoms with Gasteiger partial charge in [-0.15, -0.1) is 0 Å². The summed E-state index contributed by atoms with van der Waals surface area (Å²) in [6.07, 6.45) is 3.61. The van der Waals surface area contributed by atoms with E-state index in [0.29, 0.717) is 0 Å². The Labute approximate surface area is 316 Å². The molecule has 0 atom stereocenters. The van der Waals surface area contributed by atoms with Gasteiger partial charge in [-0.05, 0) is 94.9 Å². The summed E-state index contributed by atoms with van der Waals surface area (Å²) in [5, 5.41) is 7.31. The summed E-state index contributed by atoms with van der Waals surface area (Å²) in [7, 11) is 0. The monoisotopic (exact) mass is 701 g/mol. The van der Waals surface area contributed by atoms with Crippen molar-refractivity contribution in [3.63, 3.8) is 0 Å². The second kappa shape index (κ2) is 11.5. The lowest BCUT2D eigenvalue weighted by Crippen LogP contribution is -2.16. The first kappa shape index (κ1) is 30.0. The molecule has 1 aliphatic heterocycles. The Morgan fingerprint density at radius 2 is 1.04 bits per heavy atom. The van der Waals surface area contributed by atoms with E-state index in [-0.39, 0.29) is 0 Å². The Kier molecular flexibility index (Phi) is 6.27. The van der Waals surface area contributed by atoms with E-state index in [1.165, 1.54) is 65.5 Å². The number of nitrogens with zero attached hydrogens (tertiary/aromatic N) is 5. The van der Waals surface area contributed by atoms with Gasteiger partial charge in [-0.3, -0.25) is 4.90 Å². The van der Waals surface area contributed by atoms with Crippen LogP contribution in [0.25, 0.3) is 88.0 Å². The normalized spacial score (nSPS) is 12.3. The highest BCUT2D eigenvalue weighted by Gasteiger charge is 2.28. The fourth-order valence-corrected chi connectivity index (χ4v) is 9.00. The van der Waals surface area contributed by atoms with Gasteiger partial charge in [0.2, 0.25) is 0 Å². The van der Waals surface area contributed by atoms with Crippen molar-refractivity contribution in [3.05, 3.63) is 188 Å². The summed E-state index contributed by atoms with van der Waals surface area (Å²) < 4.78 is 4.80. The van der Waals surface area contributed by atoms with E-state index in [0.717, 1.165) is 39.7 Å². The van der Waals surface area contributed by atoms with Crippen LogP contribution in [0.1, 0.15) is 0 Å². The lowest BCUT2D eigenvalue weighted by atomic mass is 9.92. The summed E-state index contributed by atoms with van der Waals surface area (Å²) in [5.74, 6) is 0.881. The zero-order chi connectivity index (χ0) is 36.0. The second-order valence-electron chi connectivity index (χ2n) is 14.3. The van der Waals surface area contributed by atoms with Gasteiger partial charge in [-0.25, -0.2) is 9.97 Å². The number of fused-ring (bicyclic) bond motifs is 8. The van der Waals surface area contributed by atoms with Gasteiger partial charge in [0.15, 0.2) is 0 Å². The molecule has 3 aromatic heterocycles. The van der Waals surface area contributed by atoms with Crippen molar-refractivity contribution in [2.75, 3.05) is 4.90 Å². The van der Waals surface area contributed by atoms with E-state index in [9.17, 15) is 0 Å². The predicted octanol–water partition coefficient (Wildman–Crippen LogP) is 12.9. The fourth-order valence-electron chi connectivity index (χ4n) is 9.00. The van der Waals surface area contributed by atoms with Gasteiger partial charge in [0, 0.05) is 55.8 Å². The molecule has 0 saturated carbocycles. The van der Waals surface area contributed by atoms with Crippen molar-refractivity contribution in [3.8, 4) is 33.6 Å². The molecule has 12 rings (SSSR count). The molecule has 5 nitrogen and oxygen atoms in total. The first-order valence-electron chi connectivity index (χ1n) is 18.7. The molecule has 55 heavy (non-hydrogen) atoms. The van der Waals surface area contributed by atoms with Crippen LogP contribution < -0.4 is 4.90 Å². The van der Waals surface area contributed by atoms with Crippen LogP contribution in [0.3, 0.4) is 0 Å². The standard InChI is InChI=1S/C50H31N5/c1-3-13-35(14-4-1)53-45-20-10-8-18-39(45)41-27-32(23-25-46(41)53)33-22-24-40-38-17-7-9-19-44(38)54(48(40)28-33)37-26-34-12-11-21-47-49(34)42(29-37)43-30-51-31-52-50(43)55(47)36-15-5-2-6-16-36/h1-31H. The first-order valence-corrected chi connectivity index (χ1v) is 18.7. The highest BCUT2D eigenvalue weighted by molar-refractivity contribution is 6.16. The van der Waals surface area contributed by atoms with Crippen LogP contribution >= 0.6 is 0 Å². The summed E-state index contributed by atoms with van der Waals surface area (Å²) in [5.41, 5.74) is 13.7. The van der Waals surface area contributed by atoms with Crippen molar-refractivity contribution in [2.24, 2.45) is 0 Å². The van der Waals surface area contributed by atoms with Gasteiger partial charge in [0.05, 0.1) is 27.8 Å². The summed E-state index contributed by atoms with van der Waals surface area (Å²) in [6.45, 7) is 0. The van der Waals surface area contributed by atoms with Crippen LogP contribution in [0.4, 0.5) is 17.2 Å². The molecule has 0 fully saturated rings. The molecule has 0 amide bonds. The van der Waals surface area contributed by atoms with Gasteiger partial charge >= 0.3 is 0 Å². The quantitative estimate of drug-likeness (QED) is 0.183. The van der Waals surface area contributed by atoms with Gasteiger partial charge in [0.1, 0.15) is 12.1 Å². The third kappa shape index (κ3) is 4.35. The minimum absolute atomic E-state index is 0.881. The van der Waals surface area contributed by atoms with E-state index in [1.807, 2.05) is 6.20 Å². The fraction of sp³-hybridized carbons (Fsp3) is 0. The zero-order valence-corrected chi connectivity index (χ0v) is 29.6. The van der Waals surface area contributed by atoms with E-state index in [2.05, 4.69) is 195 Å². The number of para-hydroxylation sites is 4. The third-order valence-corrected chi connectivity index (χ3v) is 11.3. The lowest BCUT2D eigenvalue weighted by Gasteiger charge is -2.32. The Bertz CT molecular complexity index is 3320. The van der Waals surface area contributed by atoms with Crippen LogP contribution in [0.15, 0.2) is 188 Å². The smallest absolute Gasteiger partial charge is 0.148 e. The van der Waals surface area contributed by atoms with Gasteiger partial charge < -0.3 is 9.13 Å². The summed E-state index contributed by atoms with van der Waals surface area (Å²) in [6, 6.07) is 63.7. The van der Waals surface area contributed by atoms with Crippen LogP contribution in [0.5, 0.6) is 0 Å². The van der Waals surface area contributed by atoms with E-state index < -0.39 is 0 Å². The number of rotatable bonds is 4. The van der Waals surface area contributed by atoms with Crippen molar-refractivity contribution < 1.29 is 0 Å². The molecule has 0 bridgehead atoms. The molecule has 0 saturated heterocycles. The maximum Gasteiger partial charge on any atom is 0.148 e. The van der Waals surface area contributed by atoms with Gasteiger partial charge in [-0.2, -0.15) is 0 Å². The molecule has 4 heterocycles. The second-order valence-corrected chi connectivity index (χ2v) is 14.3. The highest BCUT2D eigenvalue weighted by atomic mass is 15.2. The topological polar surface area (TPSA) is 38.9 Å². The molecule has 1 aliphatic rings. The molecule has 5 heteroatoms. The van der Waals surface area contributed by atoms with Crippen molar-refractivity contribution >= 4 is 71.6 Å². The van der Waals surface area contributed by atoms with Gasteiger partial charge in [-0.1, -0.05) is 103 Å². The van der Waals surface area contributed by atoms with E-state index in [4.69, 9.17) is 4.98 Å². The third-order valence-electron chi connectivity index (χ3n) is 11.3. The predicted molar refractivity (Wildman–Crippen MR) is 227 cm³/mol. The number of benzene rings is 8. The maximum absolute atomic E-state index is 4.87. The Morgan fingerprint density at radius 3 is 1.84 bits per heavy atom. The number of aromatic nitrogens is 4. The molecular weight excluding hydrogens is 671 g/mol. The SMILES string of the molecule is c1ccc(N2c3ncncc3-c3cc(-n4c5ccccc5c5ccc(-c6ccc7c(c6)c6ccccc6n7-c6ccccc6)cc54)cc4cccc2c34)cc1. The zero-order valence-electron chi connectivity index (χ0n) is 29.6. The summed E-state index contributed by atoms with van der Waals surface area (Å²) in [4.78, 5) is 11.7. The molecule has 11 aromatic rings. The molecule has 0 aliphatic carbocycles. The van der Waals surface area contributed by atoms with Crippen LogP contribution in [-0.2, 0) is 0 Å². The van der Waals surface area contributed by atoms with E-state index >= 15 is 0 Å². The number of hydrogen-bond acceptors (Lipinski definition) is 3. The average molecular weight is 702 g/mol. The average Bonchev–Trinajstić information content (AvgIpc) is 3.76. The van der Waals surface area contributed by atoms with Gasteiger partial charge in [0.25, 0.3) is 0 Å². The minimum Gasteiger partial charge on any atom is -0.309 e. The molecule has 0 N–H and O–H groups in total. The molecular formula is C50H31N5. The van der Waals surface area contributed by atoms with Crippen LogP contribution in [0.2, 0.25) is 0 Å². The minimum atomic E-state index is 0.881. The molecule has 8 aromatic carbocycles. The van der Waals surface area contributed by atoms with Crippen LogP contribution in [-0.4, -0.2) is 19.1 Å². The van der Waals surface area contributed by atoms with E-state index in [1.54, 1.807) is 6.33 Å². The van der Waals surface area contributed by atoms with Crippen molar-refractivity contribution in [2.45, 2.75) is 0 Å². The highest BCUT2D eigenvalue weighted by Crippen LogP contribution is 2.50. The maximum atomic E-state index is 4.87. The van der Waals surface area contributed by atoms with Crippen molar-refractivity contribution in [1.29, 1.82) is 0 Å². The molecule has 0 spiro atoms. The Hall–Kier alpha value is -7.50. The molecule has 0 unspecified atom stereocenters. The largest absolute Gasteiger partial charge is 0.309 e. The lowest BCUT2D eigenvalue weighted by molar-refractivity contribution is 1.11. The Morgan fingerprint density at radius 1 is 0.400 bits per heavy atom. The number of hydrogen-bond donors (Lipinski definition) is 0. The van der Waals surface area contributed by atoms with Crippen molar-refractivity contribution in [1.82, 2.24) is 19.1 Å². The molecule has 0 radical (unpaired) electrons.